The van der Waals surface area contributed by atoms with Crippen molar-refractivity contribution in [2.45, 2.75) is 13.3 Å². The summed E-state index contributed by atoms with van der Waals surface area (Å²) < 4.78 is 0. The molecule has 1 amide bonds. The van der Waals surface area contributed by atoms with Gasteiger partial charge in [0.1, 0.15) is 11.5 Å². The molecule has 0 unspecified atom stereocenters. The Labute approximate surface area is 132 Å². The molecule has 1 heterocycles. The number of aromatic nitrogens is 2. The Morgan fingerprint density at radius 3 is 2.71 bits per heavy atom. The summed E-state index contributed by atoms with van der Waals surface area (Å²) in [4.78, 5) is 19.9. The van der Waals surface area contributed by atoms with E-state index >= 15 is 0 Å². The minimum absolute atomic E-state index is 0.239. The maximum Gasteiger partial charge on any atom is 0.271 e. The van der Waals surface area contributed by atoms with Crippen LogP contribution in [0.15, 0.2) is 30.6 Å². The molecule has 21 heavy (non-hydrogen) atoms. The maximum absolute atomic E-state index is 11.7. The molecule has 2 rings (SSSR count). The molecule has 0 spiro atoms. The fourth-order valence-corrected chi connectivity index (χ4v) is 1.91. The normalized spacial score (nSPS) is 10.2. The Bertz CT molecular complexity index is 631. The van der Waals surface area contributed by atoms with Crippen molar-refractivity contribution >= 4 is 40.6 Å². The second kappa shape index (κ2) is 7.24. The van der Waals surface area contributed by atoms with Gasteiger partial charge in [-0.1, -0.05) is 30.1 Å². The topological polar surface area (TPSA) is 66.9 Å². The van der Waals surface area contributed by atoms with Gasteiger partial charge in [-0.25, -0.2) is 9.97 Å². The minimum Gasteiger partial charge on any atom is -0.351 e. The highest BCUT2D eigenvalue weighted by atomic mass is 35.5. The van der Waals surface area contributed by atoms with Crippen molar-refractivity contribution < 1.29 is 4.79 Å². The van der Waals surface area contributed by atoms with Crippen molar-refractivity contribution in [1.29, 1.82) is 0 Å². The lowest BCUT2D eigenvalue weighted by atomic mass is 10.3. The molecule has 7 heteroatoms. The zero-order valence-electron chi connectivity index (χ0n) is 11.4. The molecule has 2 aromatic rings. The van der Waals surface area contributed by atoms with Crippen LogP contribution in [0.5, 0.6) is 0 Å². The highest BCUT2D eigenvalue weighted by Crippen LogP contribution is 2.27. The molecule has 0 aliphatic rings. The molecule has 2 N–H and O–H groups in total. The zero-order chi connectivity index (χ0) is 15.2. The first-order valence-corrected chi connectivity index (χ1v) is 7.18. The summed E-state index contributed by atoms with van der Waals surface area (Å²) in [6.45, 7) is 2.59. The van der Waals surface area contributed by atoms with Gasteiger partial charge in [0.2, 0.25) is 0 Å². The van der Waals surface area contributed by atoms with Gasteiger partial charge in [-0.05, 0) is 24.6 Å². The lowest BCUT2D eigenvalue weighted by Crippen LogP contribution is -2.25. The predicted molar refractivity (Wildman–Crippen MR) is 84.4 cm³/mol. The van der Waals surface area contributed by atoms with Gasteiger partial charge in [0.15, 0.2) is 0 Å². The SMILES string of the molecule is CCCNC(=O)c1cnc(Nc2cc(Cl)ccc2Cl)cn1. The number of nitrogens with one attached hydrogen (secondary N) is 2. The number of nitrogens with zero attached hydrogens (tertiary/aromatic N) is 2. The number of carbonyl (C=O) groups is 1. The van der Waals surface area contributed by atoms with Crippen LogP contribution >= 0.6 is 23.2 Å². The van der Waals surface area contributed by atoms with Crippen molar-refractivity contribution in [2.24, 2.45) is 0 Å². The Kier molecular flexibility index (Phi) is 5.36. The average Bonchev–Trinajstić information content (AvgIpc) is 2.49. The molecule has 0 aliphatic carbocycles. The lowest BCUT2D eigenvalue weighted by molar-refractivity contribution is 0.0948. The summed E-state index contributed by atoms with van der Waals surface area (Å²) in [5.74, 6) is 0.239. The number of rotatable bonds is 5. The van der Waals surface area contributed by atoms with Gasteiger partial charge in [0, 0.05) is 11.6 Å². The Morgan fingerprint density at radius 2 is 2.05 bits per heavy atom. The standard InChI is InChI=1S/C14H14Cl2N4O/c1-2-5-17-14(21)12-7-19-13(8-18-12)20-11-6-9(15)3-4-10(11)16/h3-4,6-8H,2,5H2,1H3,(H,17,21)(H,19,20). The van der Waals surface area contributed by atoms with Crippen LogP contribution in [0.3, 0.4) is 0 Å². The number of amides is 1. The van der Waals surface area contributed by atoms with Gasteiger partial charge in [-0.3, -0.25) is 4.79 Å². The van der Waals surface area contributed by atoms with Gasteiger partial charge in [0.05, 0.1) is 23.1 Å². The molecule has 0 bridgehead atoms. The first kappa shape index (κ1) is 15.5. The quantitative estimate of drug-likeness (QED) is 0.880. The number of halogens is 2. The highest BCUT2D eigenvalue weighted by molar-refractivity contribution is 6.35. The van der Waals surface area contributed by atoms with Gasteiger partial charge in [-0.2, -0.15) is 0 Å². The van der Waals surface area contributed by atoms with E-state index in [1.165, 1.54) is 12.4 Å². The van der Waals surface area contributed by atoms with Crippen LogP contribution < -0.4 is 10.6 Å². The minimum atomic E-state index is -0.239. The predicted octanol–water partition coefficient (Wildman–Crippen LogP) is 3.67. The highest BCUT2D eigenvalue weighted by Gasteiger charge is 2.08. The largest absolute Gasteiger partial charge is 0.351 e. The summed E-state index contributed by atoms with van der Waals surface area (Å²) in [5.41, 5.74) is 0.896. The van der Waals surface area contributed by atoms with Crippen LogP contribution in [-0.4, -0.2) is 22.4 Å². The van der Waals surface area contributed by atoms with Crippen LogP contribution in [-0.2, 0) is 0 Å². The molecule has 110 valence electrons. The van der Waals surface area contributed by atoms with E-state index < -0.39 is 0 Å². The van der Waals surface area contributed by atoms with E-state index in [0.717, 1.165) is 6.42 Å². The third-order valence-corrected chi connectivity index (χ3v) is 3.18. The Hall–Kier alpha value is -1.85. The molecule has 0 saturated carbocycles. The smallest absolute Gasteiger partial charge is 0.271 e. The third kappa shape index (κ3) is 4.31. The molecular formula is C14H14Cl2N4O. The number of hydrogen-bond donors (Lipinski definition) is 2. The van der Waals surface area contributed by atoms with E-state index in [1.807, 2.05) is 6.92 Å². The molecule has 0 atom stereocenters. The third-order valence-electron chi connectivity index (χ3n) is 2.61. The van der Waals surface area contributed by atoms with E-state index in [0.29, 0.717) is 28.1 Å². The van der Waals surface area contributed by atoms with Crippen molar-refractivity contribution in [3.05, 3.63) is 46.3 Å². The first-order valence-electron chi connectivity index (χ1n) is 6.42. The monoisotopic (exact) mass is 324 g/mol. The number of benzene rings is 1. The maximum atomic E-state index is 11.7. The van der Waals surface area contributed by atoms with Crippen LogP contribution in [0, 0.1) is 0 Å². The fourth-order valence-electron chi connectivity index (χ4n) is 1.57. The van der Waals surface area contributed by atoms with E-state index in [4.69, 9.17) is 23.2 Å². The molecule has 1 aromatic carbocycles. The van der Waals surface area contributed by atoms with Gasteiger partial charge < -0.3 is 10.6 Å². The van der Waals surface area contributed by atoms with Crippen molar-refractivity contribution in [1.82, 2.24) is 15.3 Å². The van der Waals surface area contributed by atoms with Gasteiger partial charge in [0.25, 0.3) is 5.91 Å². The van der Waals surface area contributed by atoms with Crippen molar-refractivity contribution in [2.75, 3.05) is 11.9 Å². The molecule has 0 fully saturated rings. The first-order chi connectivity index (χ1) is 10.1. The van der Waals surface area contributed by atoms with Crippen molar-refractivity contribution in [3.8, 4) is 0 Å². The number of carbonyl (C=O) groups excluding carboxylic acids is 1. The molecule has 1 aromatic heterocycles. The molecule has 0 radical (unpaired) electrons. The lowest BCUT2D eigenvalue weighted by Gasteiger charge is -2.08. The summed E-state index contributed by atoms with van der Waals surface area (Å²) in [6.07, 6.45) is 3.75. The van der Waals surface area contributed by atoms with Gasteiger partial charge in [-0.15, -0.1) is 0 Å². The van der Waals surface area contributed by atoms with Crippen LogP contribution in [0.1, 0.15) is 23.8 Å². The number of hydrogen-bond acceptors (Lipinski definition) is 4. The average molecular weight is 325 g/mol. The van der Waals surface area contributed by atoms with E-state index in [1.54, 1.807) is 18.2 Å². The summed E-state index contributed by atoms with van der Waals surface area (Å²) in [6, 6.07) is 5.07. The second-order valence-electron chi connectivity index (χ2n) is 4.29. The molecule has 0 saturated heterocycles. The molecule has 5 nitrogen and oxygen atoms in total. The van der Waals surface area contributed by atoms with Crippen LogP contribution in [0.2, 0.25) is 10.0 Å². The summed E-state index contributed by atoms with van der Waals surface area (Å²) >= 11 is 12.0. The van der Waals surface area contributed by atoms with Crippen LogP contribution in [0.4, 0.5) is 11.5 Å². The summed E-state index contributed by atoms with van der Waals surface area (Å²) in [5, 5.41) is 6.81. The Morgan fingerprint density at radius 1 is 1.24 bits per heavy atom. The summed E-state index contributed by atoms with van der Waals surface area (Å²) in [7, 11) is 0. The molecule has 0 aliphatic heterocycles. The van der Waals surface area contributed by atoms with E-state index in [9.17, 15) is 4.79 Å². The van der Waals surface area contributed by atoms with Crippen LogP contribution in [0.25, 0.3) is 0 Å². The van der Waals surface area contributed by atoms with E-state index in [-0.39, 0.29) is 11.6 Å². The second-order valence-corrected chi connectivity index (χ2v) is 5.14. The number of anilines is 2. The van der Waals surface area contributed by atoms with Crippen molar-refractivity contribution in [3.63, 3.8) is 0 Å². The fraction of sp³-hybridized carbons (Fsp3) is 0.214. The Balaban J connectivity index is 2.09. The zero-order valence-corrected chi connectivity index (χ0v) is 12.9. The van der Waals surface area contributed by atoms with Gasteiger partial charge >= 0.3 is 0 Å². The molecular weight excluding hydrogens is 311 g/mol. The van der Waals surface area contributed by atoms with E-state index in [2.05, 4.69) is 20.6 Å².